The molecule has 0 aliphatic rings. The maximum atomic E-state index is 12.1. The van der Waals surface area contributed by atoms with Gasteiger partial charge >= 0.3 is 0 Å². The number of amides is 1. The summed E-state index contributed by atoms with van der Waals surface area (Å²) >= 11 is 0. The summed E-state index contributed by atoms with van der Waals surface area (Å²) in [6.45, 7) is 5.88. The number of anilines is 2. The normalized spacial score (nSPS) is 11.4. The van der Waals surface area contributed by atoms with E-state index in [-0.39, 0.29) is 11.7 Å². The Morgan fingerprint density at radius 2 is 1.81 bits per heavy atom. The molecule has 2 aromatic carbocycles. The predicted molar refractivity (Wildman–Crippen MR) is 110 cm³/mol. The topological polar surface area (TPSA) is 84.5 Å². The van der Waals surface area contributed by atoms with Gasteiger partial charge in [0.15, 0.2) is 0 Å². The molecule has 0 saturated carbocycles. The van der Waals surface area contributed by atoms with Crippen LogP contribution in [0, 0.1) is 6.92 Å². The van der Waals surface area contributed by atoms with Gasteiger partial charge in [-0.2, -0.15) is 0 Å². The maximum Gasteiger partial charge on any atom is 0.248 e. The summed E-state index contributed by atoms with van der Waals surface area (Å²) in [5, 5.41) is 2.76. The maximum absolute atomic E-state index is 12.1. The Labute approximate surface area is 160 Å². The van der Waals surface area contributed by atoms with Crippen molar-refractivity contribution in [3.8, 4) is 5.75 Å². The van der Waals surface area contributed by atoms with Crippen LogP contribution < -0.4 is 14.8 Å². The second-order valence-corrected chi connectivity index (χ2v) is 7.87. The quantitative estimate of drug-likeness (QED) is 0.674. The van der Waals surface area contributed by atoms with E-state index in [9.17, 15) is 13.2 Å². The molecule has 0 fully saturated rings. The summed E-state index contributed by atoms with van der Waals surface area (Å²) in [6.07, 6.45) is 3.15. The Morgan fingerprint density at radius 3 is 2.41 bits per heavy atom. The molecule has 2 N–H and O–H groups in total. The van der Waals surface area contributed by atoms with E-state index in [2.05, 4.69) is 10.0 Å². The highest BCUT2D eigenvalue weighted by atomic mass is 32.2. The van der Waals surface area contributed by atoms with E-state index in [0.717, 1.165) is 16.9 Å². The molecule has 0 spiro atoms. The highest BCUT2D eigenvalue weighted by Crippen LogP contribution is 2.21. The summed E-state index contributed by atoms with van der Waals surface area (Å²) in [7, 11) is -3.33. The smallest absolute Gasteiger partial charge is 0.248 e. The van der Waals surface area contributed by atoms with E-state index >= 15 is 0 Å². The van der Waals surface area contributed by atoms with Crippen molar-refractivity contribution in [3.63, 3.8) is 0 Å². The van der Waals surface area contributed by atoms with Gasteiger partial charge in [-0.05, 0) is 68.3 Å². The minimum absolute atomic E-state index is 0.00126. The first-order valence-corrected chi connectivity index (χ1v) is 10.3. The number of hydrogen-bond donors (Lipinski definition) is 2. The van der Waals surface area contributed by atoms with Gasteiger partial charge in [0, 0.05) is 11.8 Å². The van der Waals surface area contributed by atoms with E-state index in [1.54, 1.807) is 38.1 Å². The molecule has 7 heteroatoms. The lowest BCUT2D eigenvalue weighted by Gasteiger charge is -2.11. The molecule has 0 unspecified atom stereocenters. The number of carbonyl (C=O) groups excluding carboxylic acids is 1. The van der Waals surface area contributed by atoms with E-state index in [1.165, 1.54) is 6.08 Å². The minimum Gasteiger partial charge on any atom is -0.494 e. The second kappa shape index (κ2) is 9.23. The fourth-order valence-corrected chi connectivity index (χ4v) is 3.00. The summed E-state index contributed by atoms with van der Waals surface area (Å²) in [6, 6.07) is 12.4. The van der Waals surface area contributed by atoms with E-state index in [0.29, 0.717) is 18.0 Å². The third kappa shape index (κ3) is 6.45. The van der Waals surface area contributed by atoms with Gasteiger partial charge in [0.05, 0.1) is 18.0 Å². The number of aryl methyl sites for hydroxylation is 1. The number of ether oxygens (including phenoxy) is 1. The molecule has 6 nitrogen and oxygen atoms in total. The minimum atomic E-state index is -3.33. The molecule has 0 aliphatic heterocycles. The van der Waals surface area contributed by atoms with Gasteiger partial charge in [-0.15, -0.1) is 0 Å². The fourth-order valence-electron chi connectivity index (χ4n) is 2.29. The molecule has 2 rings (SSSR count). The fraction of sp³-hybridized carbons (Fsp3) is 0.250. The molecule has 0 radical (unpaired) electrons. The lowest BCUT2D eigenvalue weighted by atomic mass is 10.2. The van der Waals surface area contributed by atoms with Gasteiger partial charge in [0.1, 0.15) is 5.75 Å². The van der Waals surface area contributed by atoms with Crippen LogP contribution in [-0.2, 0) is 14.8 Å². The first-order valence-electron chi connectivity index (χ1n) is 8.66. The van der Waals surface area contributed by atoms with Crippen LogP contribution >= 0.6 is 0 Å². The number of rotatable bonds is 8. The van der Waals surface area contributed by atoms with Crippen LogP contribution in [0.3, 0.4) is 0 Å². The average Bonchev–Trinajstić information content (AvgIpc) is 2.64. The van der Waals surface area contributed by atoms with Crippen molar-refractivity contribution in [3.05, 3.63) is 59.7 Å². The third-order valence-electron chi connectivity index (χ3n) is 3.76. The number of carbonyl (C=O) groups is 1. The molecule has 2 aromatic rings. The van der Waals surface area contributed by atoms with Crippen LogP contribution in [0.2, 0.25) is 0 Å². The number of sulfonamides is 1. The summed E-state index contributed by atoms with van der Waals surface area (Å²) in [5.41, 5.74) is 2.70. The molecule has 0 bridgehead atoms. The van der Waals surface area contributed by atoms with Crippen molar-refractivity contribution in [2.24, 2.45) is 0 Å². The van der Waals surface area contributed by atoms with E-state index in [4.69, 9.17) is 4.74 Å². The van der Waals surface area contributed by atoms with Crippen LogP contribution in [0.5, 0.6) is 5.75 Å². The lowest BCUT2D eigenvalue weighted by molar-refractivity contribution is -0.111. The first kappa shape index (κ1) is 20.5. The molecular weight excluding hydrogens is 364 g/mol. The Kier molecular flexibility index (Phi) is 7.01. The molecular formula is C20H24N2O4S. The van der Waals surface area contributed by atoms with Crippen LogP contribution in [-0.4, -0.2) is 26.7 Å². The zero-order valence-electron chi connectivity index (χ0n) is 15.7. The summed E-state index contributed by atoms with van der Waals surface area (Å²) in [5.74, 6) is 0.514. The molecule has 1 amide bonds. The highest BCUT2D eigenvalue weighted by Gasteiger charge is 2.09. The zero-order chi connectivity index (χ0) is 19.9. The largest absolute Gasteiger partial charge is 0.494 e. The van der Waals surface area contributed by atoms with Crippen molar-refractivity contribution >= 4 is 33.4 Å². The Morgan fingerprint density at radius 1 is 1.11 bits per heavy atom. The Hall–Kier alpha value is -2.80. The lowest BCUT2D eigenvalue weighted by Crippen LogP contribution is -2.15. The number of benzene rings is 2. The van der Waals surface area contributed by atoms with E-state index < -0.39 is 10.0 Å². The molecule has 0 atom stereocenters. The van der Waals surface area contributed by atoms with Crippen LogP contribution in [0.1, 0.15) is 25.0 Å². The van der Waals surface area contributed by atoms with Crippen molar-refractivity contribution in [2.75, 3.05) is 22.4 Å². The monoisotopic (exact) mass is 388 g/mol. The van der Waals surface area contributed by atoms with Crippen molar-refractivity contribution in [1.82, 2.24) is 0 Å². The standard InChI is InChI=1S/C20H24N2O4S/c1-4-26-18-10-6-16(7-11-18)8-13-20(23)21-17-9-12-19(15(3)14-17)22-27(24,25)5-2/h6-14,22H,4-5H2,1-3H3,(H,21,23)/b13-8+. The van der Waals surface area contributed by atoms with Crippen LogP contribution in [0.15, 0.2) is 48.5 Å². The van der Waals surface area contributed by atoms with Crippen LogP contribution in [0.4, 0.5) is 11.4 Å². The van der Waals surface area contributed by atoms with Gasteiger partial charge in [-0.3, -0.25) is 9.52 Å². The van der Waals surface area contributed by atoms with Gasteiger partial charge in [0.2, 0.25) is 15.9 Å². The molecule has 0 heterocycles. The van der Waals surface area contributed by atoms with Gasteiger partial charge in [0.25, 0.3) is 0 Å². The zero-order valence-corrected chi connectivity index (χ0v) is 16.5. The molecule has 0 aliphatic carbocycles. The SMILES string of the molecule is CCOc1ccc(/C=C/C(=O)Nc2ccc(NS(=O)(=O)CC)c(C)c2)cc1. The third-order valence-corrected chi connectivity index (χ3v) is 5.05. The summed E-state index contributed by atoms with van der Waals surface area (Å²) < 4.78 is 31.2. The molecule has 0 saturated heterocycles. The average molecular weight is 388 g/mol. The predicted octanol–water partition coefficient (Wildman–Crippen LogP) is 3.81. The van der Waals surface area contributed by atoms with Crippen molar-refractivity contribution < 1.29 is 17.9 Å². The van der Waals surface area contributed by atoms with Gasteiger partial charge in [-0.25, -0.2) is 8.42 Å². The Balaban J connectivity index is 2.00. The highest BCUT2D eigenvalue weighted by molar-refractivity contribution is 7.92. The first-order chi connectivity index (χ1) is 12.8. The molecule has 0 aromatic heterocycles. The van der Waals surface area contributed by atoms with E-state index in [1.807, 2.05) is 31.2 Å². The number of hydrogen-bond acceptors (Lipinski definition) is 4. The Bertz CT molecular complexity index is 919. The summed E-state index contributed by atoms with van der Waals surface area (Å²) in [4.78, 5) is 12.1. The van der Waals surface area contributed by atoms with Gasteiger partial charge in [-0.1, -0.05) is 12.1 Å². The number of nitrogens with one attached hydrogen (secondary N) is 2. The molecule has 144 valence electrons. The molecule has 27 heavy (non-hydrogen) atoms. The van der Waals surface area contributed by atoms with Crippen molar-refractivity contribution in [1.29, 1.82) is 0 Å². The second-order valence-electron chi connectivity index (χ2n) is 5.86. The van der Waals surface area contributed by atoms with Crippen LogP contribution in [0.25, 0.3) is 6.08 Å². The van der Waals surface area contributed by atoms with Crippen molar-refractivity contribution in [2.45, 2.75) is 20.8 Å². The van der Waals surface area contributed by atoms with Gasteiger partial charge < -0.3 is 10.1 Å².